The number of pyridine rings is 1. The molecule has 0 saturated heterocycles. The summed E-state index contributed by atoms with van der Waals surface area (Å²) in [5.74, 6) is 0.655. The van der Waals surface area contributed by atoms with Crippen molar-refractivity contribution in [2.45, 2.75) is 38.1 Å². The van der Waals surface area contributed by atoms with Gasteiger partial charge in [0.05, 0.1) is 11.7 Å². The van der Waals surface area contributed by atoms with Crippen molar-refractivity contribution in [3.8, 4) is 11.4 Å². The van der Waals surface area contributed by atoms with Crippen LogP contribution in [0.15, 0.2) is 65.7 Å². The van der Waals surface area contributed by atoms with Gasteiger partial charge in [-0.3, -0.25) is 14.6 Å². The Morgan fingerprint density at radius 2 is 1.93 bits per heavy atom. The van der Waals surface area contributed by atoms with E-state index < -0.39 is 0 Å². The van der Waals surface area contributed by atoms with Crippen LogP contribution in [0.3, 0.4) is 0 Å². The van der Waals surface area contributed by atoms with Crippen molar-refractivity contribution in [2.24, 2.45) is 5.92 Å². The summed E-state index contributed by atoms with van der Waals surface area (Å²) >= 11 is 0. The fraction of sp³-hybridized carbons (Fsp3) is 0.304. The molecular weight excluding hydrogens is 364 g/mol. The number of carbonyl (C=O) groups excluding carboxylic acids is 1. The molecule has 148 valence electrons. The number of carbonyl (C=O) groups is 1. The number of H-pyrrole nitrogens is 1. The summed E-state index contributed by atoms with van der Waals surface area (Å²) in [6.07, 6.45) is 7.90. The fourth-order valence-electron chi connectivity index (χ4n) is 3.88. The maximum Gasteiger partial charge on any atom is 0.251 e. The van der Waals surface area contributed by atoms with Crippen LogP contribution < -0.4 is 10.9 Å². The van der Waals surface area contributed by atoms with E-state index in [1.54, 1.807) is 18.5 Å². The maximum absolute atomic E-state index is 12.8. The van der Waals surface area contributed by atoms with Crippen LogP contribution in [0, 0.1) is 5.92 Å². The number of hydrogen-bond acceptors (Lipinski definition) is 4. The van der Waals surface area contributed by atoms with Crippen molar-refractivity contribution in [3.05, 3.63) is 82.5 Å². The molecule has 2 aromatic heterocycles. The highest BCUT2D eigenvalue weighted by atomic mass is 16.2. The third kappa shape index (κ3) is 4.77. The number of nitrogens with zero attached hydrogens (tertiary/aromatic N) is 2. The first-order valence-corrected chi connectivity index (χ1v) is 10.0. The molecule has 2 N–H and O–H groups in total. The molecule has 1 aromatic carbocycles. The van der Waals surface area contributed by atoms with Gasteiger partial charge in [-0.15, -0.1) is 0 Å². The quantitative estimate of drug-likeness (QED) is 0.677. The SMILES string of the molecule is O=C(NC(Cc1cc(=O)[nH]c(-c2cccnc2)n1)c1ccccc1)C1CCCC1. The number of amides is 1. The van der Waals surface area contributed by atoms with Gasteiger partial charge in [-0.1, -0.05) is 43.2 Å². The number of aromatic amines is 1. The van der Waals surface area contributed by atoms with Crippen molar-refractivity contribution in [3.63, 3.8) is 0 Å². The van der Waals surface area contributed by atoms with Gasteiger partial charge in [0.2, 0.25) is 5.91 Å². The number of aromatic nitrogens is 3. The third-order valence-electron chi connectivity index (χ3n) is 5.39. The number of benzene rings is 1. The van der Waals surface area contributed by atoms with E-state index in [9.17, 15) is 9.59 Å². The number of hydrogen-bond donors (Lipinski definition) is 2. The predicted molar refractivity (Wildman–Crippen MR) is 111 cm³/mol. The van der Waals surface area contributed by atoms with E-state index in [1.165, 1.54) is 6.07 Å². The van der Waals surface area contributed by atoms with Crippen LogP contribution in [0.2, 0.25) is 0 Å². The molecule has 0 aliphatic heterocycles. The topological polar surface area (TPSA) is 87.7 Å². The second-order valence-corrected chi connectivity index (χ2v) is 7.48. The van der Waals surface area contributed by atoms with Crippen LogP contribution in [-0.2, 0) is 11.2 Å². The summed E-state index contributed by atoms with van der Waals surface area (Å²) in [7, 11) is 0. The van der Waals surface area contributed by atoms with E-state index >= 15 is 0 Å². The Bertz CT molecular complexity index is 1010. The summed E-state index contributed by atoms with van der Waals surface area (Å²) in [4.78, 5) is 36.5. The molecule has 1 fully saturated rings. The summed E-state index contributed by atoms with van der Waals surface area (Å²) in [5, 5.41) is 3.20. The molecule has 1 unspecified atom stereocenters. The van der Waals surface area contributed by atoms with Crippen molar-refractivity contribution < 1.29 is 4.79 Å². The molecular formula is C23H24N4O2. The number of nitrogens with one attached hydrogen (secondary N) is 2. The Hall–Kier alpha value is -3.28. The van der Waals surface area contributed by atoms with Gasteiger partial charge in [-0.25, -0.2) is 4.98 Å². The first kappa shape index (κ1) is 19.1. The summed E-state index contributed by atoms with van der Waals surface area (Å²) in [5.41, 5.74) is 2.16. The van der Waals surface area contributed by atoms with Gasteiger partial charge in [0.1, 0.15) is 5.82 Å². The standard InChI is InChI=1S/C23H24N4O2/c28-21-14-19(25-22(27-21)18-11-6-12-24-15-18)13-20(16-7-2-1-3-8-16)26-23(29)17-9-4-5-10-17/h1-3,6-8,11-12,14-15,17,20H,4-5,9-10,13H2,(H,26,29)(H,25,27,28). The molecule has 0 radical (unpaired) electrons. The first-order chi connectivity index (χ1) is 14.2. The van der Waals surface area contributed by atoms with Crippen LogP contribution in [0.4, 0.5) is 0 Å². The monoisotopic (exact) mass is 388 g/mol. The summed E-state index contributed by atoms with van der Waals surface area (Å²) in [6, 6.07) is 14.8. The van der Waals surface area contributed by atoms with Gasteiger partial charge < -0.3 is 10.3 Å². The Morgan fingerprint density at radius 1 is 1.14 bits per heavy atom. The van der Waals surface area contributed by atoms with E-state index in [0.717, 1.165) is 36.8 Å². The molecule has 1 amide bonds. The molecule has 2 heterocycles. The molecule has 0 spiro atoms. The number of rotatable bonds is 6. The minimum atomic E-state index is -0.236. The molecule has 1 aliphatic rings. The first-order valence-electron chi connectivity index (χ1n) is 10.0. The van der Waals surface area contributed by atoms with E-state index in [4.69, 9.17) is 0 Å². The van der Waals surface area contributed by atoms with E-state index in [1.807, 2.05) is 36.4 Å². The molecule has 4 rings (SSSR count). The van der Waals surface area contributed by atoms with Gasteiger partial charge in [-0.2, -0.15) is 0 Å². The lowest BCUT2D eigenvalue weighted by molar-refractivity contribution is -0.125. The van der Waals surface area contributed by atoms with E-state index in [0.29, 0.717) is 17.9 Å². The average Bonchev–Trinajstić information content (AvgIpc) is 3.29. The van der Waals surface area contributed by atoms with E-state index in [-0.39, 0.29) is 23.4 Å². The molecule has 29 heavy (non-hydrogen) atoms. The third-order valence-corrected chi connectivity index (χ3v) is 5.39. The summed E-state index contributed by atoms with van der Waals surface area (Å²) < 4.78 is 0. The van der Waals surface area contributed by atoms with Crippen LogP contribution in [-0.4, -0.2) is 20.9 Å². The second kappa shape index (κ2) is 8.82. The van der Waals surface area contributed by atoms with Gasteiger partial charge >= 0.3 is 0 Å². The Balaban J connectivity index is 1.61. The molecule has 1 aliphatic carbocycles. The lowest BCUT2D eigenvalue weighted by Gasteiger charge is -2.21. The van der Waals surface area contributed by atoms with Crippen LogP contribution in [0.1, 0.15) is 43.0 Å². The predicted octanol–water partition coefficient (Wildman–Crippen LogP) is 3.42. The molecule has 6 nitrogen and oxygen atoms in total. The maximum atomic E-state index is 12.8. The Labute approximate surface area is 169 Å². The van der Waals surface area contributed by atoms with Crippen LogP contribution >= 0.6 is 0 Å². The van der Waals surface area contributed by atoms with Crippen molar-refractivity contribution >= 4 is 5.91 Å². The zero-order valence-electron chi connectivity index (χ0n) is 16.2. The molecule has 1 atom stereocenters. The van der Waals surface area contributed by atoms with Crippen LogP contribution in [0.25, 0.3) is 11.4 Å². The Kier molecular flexibility index (Phi) is 5.79. The van der Waals surface area contributed by atoms with Crippen molar-refractivity contribution in [2.75, 3.05) is 0 Å². The van der Waals surface area contributed by atoms with Crippen LogP contribution in [0.5, 0.6) is 0 Å². The zero-order valence-corrected chi connectivity index (χ0v) is 16.2. The average molecular weight is 388 g/mol. The van der Waals surface area contributed by atoms with E-state index in [2.05, 4.69) is 20.3 Å². The van der Waals surface area contributed by atoms with Crippen molar-refractivity contribution in [1.82, 2.24) is 20.3 Å². The highest BCUT2D eigenvalue weighted by Crippen LogP contribution is 2.26. The molecule has 1 saturated carbocycles. The lowest BCUT2D eigenvalue weighted by atomic mass is 9.99. The molecule has 3 aromatic rings. The second-order valence-electron chi connectivity index (χ2n) is 7.48. The molecule has 6 heteroatoms. The normalized spacial score (nSPS) is 15.2. The summed E-state index contributed by atoms with van der Waals surface area (Å²) in [6.45, 7) is 0. The highest BCUT2D eigenvalue weighted by Gasteiger charge is 2.25. The minimum Gasteiger partial charge on any atom is -0.349 e. The van der Waals surface area contributed by atoms with Gasteiger partial charge in [0.25, 0.3) is 5.56 Å². The lowest BCUT2D eigenvalue weighted by Crippen LogP contribution is -2.34. The van der Waals surface area contributed by atoms with Gasteiger partial charge in [0.15, 0.2) is 0 Å². The van der Waals surface area contributed by atoms with Gasteiger partial charge in [0, 0.05) is 36.4 Å². The fourth-order valence-corrected chi connectivity index (χ4v) is 3.88. The largest absolute Gasteiger partial charge is 0.349 e. The van der Waals surface area contributed by atoms with Crippen molar-refractivity contribution in [1.29, 1.82) is 0 Å². The van der Waals surface area contributed by atoms with Gasteiger partial charge in [-0.05, 0) is 30.5 Å². The minimum absolute atomic E-state index is 0.0827. The Morgan fingerprint density at radius 3 is 2.66 bits per heavy atom. The smallest absolute Gasteiger partial charge is 0.251 e. The highest BCUT2D eigenvalue weighted by molar-refractivity contribution is 5.79. The zero-order chi connectivity index (χ0) is 20.1. The molecule has 0 bridgehead atoms.